The summed E-state index contributed by atoms with van der Waals surface area (Å²) in [6.07, 6.45) is 1.22. The molecule has 1 saturated heterocycles. The molecule has 4 rings (SSSR count). The second-order valence-electron chi connectivity index (χ2n) is 7.76. The van der Waals surface area contributed by atoms with E-state index in [0.29, 0.717) is 12.3 Å². The number of fused-ring (bicyclic) bond motifs is 1. The van der Waals surface area contributed by atoms with Crippen LogP contribution in [0.2, 0.25) is 5.02 Å². The Morgan fingerprint density at radius 3 is 2.84 bits per heavy atom. The normalized spacial score (nSPS) is 16.8. The van der Waals surface area contributed by atoms with Gasteiger partial charge in [-0.1, -0.05) is 17.7 Å². The average Bonchev–Trinajstić information content (AvgIpc) is 3.27. The number of carbonyl (C=O) groups is 1. The maximum absolute atomic E-state index is 14.4. The van der Waals surface area contributed by atoms with E-state index in [1.165, 1.54) is 24.3 Å². The van der Waals surface area contributed by atoms with Gasteiger partial charge in [-0.3, -0.25) is 9.59 Å². The Morgan fingerprint density at radius 2 is 2.12 bits per heavy atom. The first kappa shape index (κ1) is 22.3. The first-order valence-corrected chi connectivity index (χ1v) is 10.8. The van der Waals surface area contributed by atoms with Gasteiger partial charge < -0.3 is 19.2 Å². The third-order valence-corrected chi connectivity index (χ3v) is 5.78. The molecule has 0 bridgehead atoms. The van der Waals surface area contributed by atoms with Crippen molar-refractivity contribution >= 4 is 28.5 Å². The second-order valence-corrected chi connectivity index (χ2v) is 8.16. The molecule has 168 valence electrons. The number of amides is 1. The van der Waals surface area contributed by atoms with Gasteiger partial charge in [0.05, 0.1) is 22.1 Å². The van der Waals surface area contributed by atoms with Crippen molar-refractivity contribution in [1.82, 2.24) is 5.32 Å². The molecule has 1 aliphatic rings. The third kappa shape index (κ3) is 4.49. The van der Waals surface area contributed by atoms with E-state index in [9.17, 15) is 14.0 Å². The van der Waals surface area contributed by atoms with E-state index in [1.54, 1.807) is 26.0 Å². The van der Waals surface area contributed by atoms with Crippen LogP contribution in [-0.4, -0.2) is 31.3 Å². The summed E-state index contributed by atoms with van der Waals surface area (Å²) in [6, 6.07) is 8.88. The summed E-state index contributed by atoms with van der Waals surface area (Å²) in [5.41, 5.74) is -0.0341. The van der Waals surface area contributed by atoms with Crippen LogP contribution in [0.4, 0.5) is 4.39 Å². The molecular weight excluding hydrogens is 437 g/mol. The molecule has 0 saturated carbocycles. The lowest BCUT2D eigenvalue weighted by Crippen LogP contribution is -2.40. The van der Waals surface area contributed by atoms with Crippen LogP contribution in [0.15, 0.2) is 45.6 Å². The average molecular weight is 460 g/mol. The number of ether oxygens (including phenoxy) is 2. The van der Waals surface area contributed by atoms with Gasteiger partial charge >= 0.3 is 0 Å². The molecule has 1 aromatic heterocycles. The molecule has 0 spiro atoms. The molecule has 2 atom stereocenters. The highest BCUT2D eigenvalue weighted by Crippen LogP contribution is 2.33. The zero-order chi connectivity index (χ0) is 22.8. The van der Waals surface area contributed by atoms with Crippen molar-refractivity contribution in [1.29, 1.82) is 0 Å². The number of nitrogens with one attached hydrogen (secondary N) is 1. The highest BCUT2D eigenvalue weighted by atomic mass is 35.5. The predicted octanol–water partition coefficient (Wildman–Crippen LogP) is 4.62. The maximum atomic E-state index is 14.4. The van der Waals surface area contributed by atoms with E-state index in [1.807, 2.05) is 0 Å². The SMILES string of the molecule is Cc1oc2cc(OC(C)C(=O)NCC3CCCO3)ccc2c(=O)c1-c1c(F)cccc1Cl. The van der Waals surface area contributed by atoms with Gasteiger partial charge in [0.1, 0.15) is 22.9 Å². The zero-order valence-electron chi connectivity index (χ0n) is 17.7. The van der Waals surface area contributed by atoms with Gasteiger partial charge in [0.25, 0.3) is 5.91 Å². The Kier molecular flexibility index (Phi) is 6.48. The Hall–Kier alpha value is -2.90. The highest BCUT2D eigenvalue weighted by Gasteiger charge is 2.22. The van der Waals surface area contributed by atoms with Gasteiger partial charge in [-0.05, 0) is 51.0 Å². The zero-order valence-corrected chi connectivity index (χ0v) is 18.5. The summed E-state index contributed by atoms with van der Waals surface area (Å²) in [5, 5.41) is 3.21. The summed E-state index contributed by atoms with van der Waals surface area (Å²) in [7, 11) is 0. The van der Waals surface area contributed by atoms with Crippen molar-refractivity contribution in [3.05, 3.63) is 63.2 Å². The van der Waals surface area contributed by atoms with Crippen LogP contribution in [0.3, 0.4) is 0 Å². The molecule has 1 aliphatic heterocycles. The number of rotatable bonds is 6. The topological polar surface area (TPSA) is 77.8 Å². The van der Waals surface area contributed by atoms with Crippen LogP contribution < -0.4 is 15.5 Å². The molecule has 1 fully saturated rings. The fraction of sp³-hybridized carbons (Fsp3) is 0.333. The first-order chi connectivity index (χ1) is 15.3. The molecule has 2 unspecified atom stereocenters. The van der Waals surface area contributed by atoms with E-state index >= 15 is 0 Å². The van der Waals surface area contributed by atoms with Gasteiger partial charge in [-0.2, -0.15) is 0 Å². The lowest BCUT2D eigenvalue weighted by molar-refractivity contribution is -0.127. The van der Waals surface area contributed by atoms with Gasteiger partial charge in [0, 0.05) is 24.8 Å². The first-order valence-electron chi connectivity index (χ1n) is 10.4. The molecule has 2 heterocycles. The van der Waals surface area contributed by atoms with Gasteiger partial charge in [-0.15, -0.1) is 0 Å². The number of hydrogen-bond acceptors (Lipinski definition) is 5. The third-order valence-electron chi connectivity index (χ3n) is 5.46. The lowest BCUT2D eigenvalue weighted by atomic mass is 10.0. The molecular formula is C24H23ClFNO5. The van der Waals surface area contributed by atoms with Crippen molar-refractivity contribution in [2.75, 3.05) is 13.2 Å². The molecule has 8 heteroatoms. The molecule has 0 aliphatic carbocycles. The number of hydrogen-bond donors (Lipinski definition) is 1. The summed E-state index contributed by atoms with van der Waals surface area (Å²) in [5.74, 6) is -0.261. The predicted molar refractivity (Wildman–Crippen MR) is 120 cm³/mol. The van der Waals surface area contributed by atoms with Crippen LogP contribution in [0, 0.1) is 12.7 Å². The van der Waals surface area contributed by atoms with Crippen molar-refractivity contribution in [2.45, 2.75) is 38.9 Å². The van der Waals surface area contributed by atoms with E-state index in [0.717, 1.165) is 19.4 Å². The number of carbonyl (C=O) groups excluding carboxylic acids is 1. The fourth-order valence-electron chi connectivity index (χ4n) is 3.81. The van der Waals surface area contributed by atoms with Crippen molar-refractivity contribution in [3.8, 4) is 16.9 Å². The largest absolute Gasteiger partial charge is 0.481 e. The van der Waals surface area contributed by atoms with Crippen LogP contribution in [-0.2, 0) is 9.53 Å². The summed E-state index contributed by atoms with van der Waals surface area (Å²) >= 11 is 6.15. The van der Waals surface area contributed by atoms with E-state index in [-0.39, 0.29) is 44.9 Å². The van der Waals surface area contributed by atoms with Crippen LogP contribution in [0.5, 0.6) is 5.75 Å². The quantitative estimate of drug-likeness (QED) is 0.581. The molecule has 3 aromatic rings. The summed E-state index contributed by atoms with van der Waals surface area (Å²) in [4.78, 5) is 25.4. The maximum Gasteiger partial charge on any atom is 0.260 e. The molecule has 1 N–H and O–H groups in total. The summed E-state index contributed by atoms with van der Waals surface area (Å²) in [6.45, 7) is 4.38. The number of halogens is 2. The lowest BCUT2D eigenvalue weighted by Gasteiger charge is -2.17. The minimum atomic E-state index is -0.752. The Balaban J connectivity index is 1.57. The van der Waals surface area contributed by atoms with Crippen LogP contribution in [0.25, 0.3) is 22.1 Å². The van der Waals surface area contributed by atoms with Crippen LogP contribution in [0.1, 0.15) is 25.5 Å². The van der Waals surface area contributed by atoms with E-state index in [2.05, 4.69) is 5.32 Å². The highest BCUT2D eigenvalue weighted by molar-refractivity contribution is 6.33. The van der Waals surface area contributed by atoms with E-state index < -0.39 is 17.3 Å². The summed E-state index contributed by atoms with van der Waals surface area (Å²) < 4.78 is 31.5. The number of benzene rings is 2. The Bertz CT molecular complexity index is 1200. The molecule has 1 amide bonds. The molecule has 6 nitrogen and oxygen atoms in total. The van der Waals surface area contributed by atoms with Gasteiger partial charge in [0.2, 0.25) is 5.43 Å². The van der Waals surface area contributed by atoms with Gasteiger partial charge in [-0.25, -0.2) is 4.39 Å². The number of aryl methyl sites for hydroxylation is 1. The molecule has 32 heavy (non-hydrogen) atoms. The molecule has 2 aromatic carbocycles. The van der Waals surface area contributed by atoms with Crippen molar-refractivity contribution < 1.29 is 23.1 Å². The van der Waals surface area contributed by atoms with Crippen molar-refractivity contribution in [3.63, 3.8) is 0 Å². The fourth-order valence-corrected chi connectivity index (χ4v) is 4.06. The van der Waals surface area contributed by atoms with E-state index in [4.69, 9.17) is 25.5 Å². The van der Waals surface area contributed by atoms with Gasteiger partial charge in [0.15, 0.2) is 6.10 Å². The Morgan fingerprint density at radius 1 is 1.31 bits per heavy atom. The smallest absolute Gasteiger partial charge is 0.260 e. The second kappa shape index (κ2) is 9.30. The minimum Gasteiger partial charge on any atom is -0.481 e. The minimum absolute atomic E-state index is 0.0131. The molecule has 0 radical (unpaired) electrons. The Labute approximate surface area is 189 Å². The van der Waals surface area contributed by atoms with Crippen molar-refractivity contribution in [2.24, 2.45) is 0 Å². The standard InChI is InChI=1S/C24H23ClFNO5/c1-13-21(22-18(25)6-3-7-19(22)26)23(28)17-9-8-15(11-20(17)32-13)31-14(2)24(29)27-12-16-5-4-10-30-16/h3,6-9,11,14,16H,4-5,10,12H2,1-2H3,(H,27,29). The monoisotopic (exact) mass is 459 g/mol. The van der Waals surface area contributed by atoms with Crippen LogP contribution >= 0.6 is 11.6 Å².